The van der Waals surface area contributed by atoms with E-state index in [2.05, 4.69) is 23.1 Å². The lowest BCUT2D eigenvalue weighted by atomic mass is 9.93. The molecule has 0 aliphatic heterocycles. The fourth-order valence-corrected chi connectivity index (χ4v) is 4.22. The van der Waals surface area contributed by atoms with Gasteiger partial charge in [0.15, 0.2) is 0 Å². The first-order valence-corrected chi connectivity index (χ1v) is 10.6. The second-order valence-corrected chi connectivity index (χ2v) is 8.83. The van der Waals surface area contributed by atoms with E-state index in [1.54, 1.807) is 0 Å². The van der Waals surface area contributed by atoms with Crippen LogP contribution in [0.3, 0.4) is 0 Å². The van der Waals surface area contributed by atoms with Gasteiger partial charge in [-0.05, 0) is 30.3 Å². The zero-order valence-electron chi connectivity index (χ0n) is 14.9. The van der Waals surface area contributed by atoms with E-state index in [0.717, 1.165) is 17.5 Å². The molecule has 1 saturated carbocycles. The first-order valence-electron chi connectivity index (χ1n) is 9.94. The van der Waals surface area contributed by atoms with Crippen LogP contribution in [0.4, 0.5) is 0 Å². The summed E-state index contributed by atoms with van der Waals surface area (Å²) < 4.78 is 0. The van der Waals surface area contributed by atoms with Gasteiger partial charge in [0.25, 0.3) is 0 Å². The SMILES string of the molecule is CC1CCCCCCCCC(C)CCCC(P)CCCC1. The first kappa shape index (κ1) is 19.5. The average Bonchev–Trinajstić information content (AvgIpc) is 2.45. The predicted octanol–water partition coefficient (Wildman–Crippen LogP) is 7.37. The van der Waals surface area contributed by atoms with Gasteiger partial charge in [-0.2, -0.15) is 0 Å². The van der Waals surface area contributed by atoms with Gasteiger partial charge in [0, 0.05) is 0 Å². The van der Waals surface area contributed by atoms with E-state index in [1.807, 2.05) is 0 Å². The van der Waals surface area contributed by atoms with E-state index in [4.69, 9.17) is 0 Å². The van der Waals surface area contributed by atoms with Crippen LogP contribution in [-0.2, 0) is 0 Å². The summed E-state index contributed by atoms with van der Waals surface area (Å²) in [6, 6.07) is 0. The summed E-state index contributed by atoms with van der Waals surface area (Å²) >= 11 is 0. The number of rotatable bonds is 0. The Balaban J connectivity index is 2.24. The van der Waals surface area contributed by atoms with Gasteiger partial charge in [-0.15, -0.1) is 9.24 Å². The van der Waals surface area contributed by atoms with Crippen LogP contribution in [0.2, 0.25) is 0 Å². The molecule has 1 rings (SSSR count). The van der Waals surface area contributed by atoms with Crippen molar-refractivity contribution in [3.05, 3.63) is 0 Å². The molecular weight excluding hydrogens is 271 g/mol. The van der Waals surface area contributed by atoms with Crippen molar-refractivity contribution in [3.63, 3.8) is 0 Å². The molecule has 0 heterocycles. The van der Waals surface area contributed by atoms with Gasteiger partial charge in [0.2, 0.25) is 0 Å². The van der Waals surface area contributed by atoms with Gasteiger partial charge < -0.3 is 0 Å². The summed E-state index contributed by atoms with van der Waals surface area (Å²) in [5.41, 5.74) is 0.881. The molecule has 0 N–H and O–H groups in total. The van der Waals surface area contributed by atoms with Crippen molar-refractivity contribution in [3.8, 4) is 0 Å². The summed E-state index contributed by atoms with van der Waals surface area (Å²) in [4.78, 5) is 0. The van der Waals surface area contributed by atoms with Crippen molar-refractivity contribution in [2.24, 2.45) is 11.8 Å². The van der Waals surface area contributed by atoms with Crippen LogP contribution in [-0.4, -0.2) is 5.66 Å². The lowest BCUT2D eigenvalue weighted by molar-refractivity contribution is 0.412. The van der Waals surface area contributed by atoms with Gasteiger partial charge in [-0.25, -0.2) is 0 Å². The lowest BCUT2D eigenvalue weighted by Crippen LogP contribution is -2.02. The molecule has 1 aliphatic rings. The van der Waals surface area contributed by atoms with Crippen molar-refractivity contribution in [1.29, 1.82) is 0 Å². The lowest BCUT2D eigenvalue weighted by Gasteiger charge is -2.16. The predicted molar refractivity (Wildman–Crippen MR) is 101 cm³/mol. The minimum Gasteiger partial charge on any atom is -0.134 e. The topological polar surface area (TPSA) is 0 Å². The van der Waals surface area contributed by atoms with Gasteiger partial charge in [0.1, 0.15) is 0 Å². The third kappa shape index (κ3) is 11.6. The van der Waals surface area contributed by atoms with Crippen LogP contribution in [0.15, 0.2) is 0 Å². The molecule has 0 radical (unpaired) electrons. The van der Waals surface area contributed by atoms with Crippen LogP contribution in [0, 0.1) is 11.8 Å². The van der Waals surface area contributed by atoms with Crippen LogP contribution in [0.5, 0.6) is 0 Å². The van der Waals surface area contributed by atoms with Crippen molar-refractivity contribution in [2.45, 2.75) is 116 Å². The van der Waals surface area contributed by atoms with Crippen LogP contribution >= 0.6 is 9.24 Å². The monoisotopic (exact) mass is 312 g/mol. The molecule has 0 spiro atoms. The molecule has 4 atom stereocenters. The maximum Gasteiger partial charge on any atom is -0.0264 e. The quantitative estimate of drug-likeness (QED) is 0.410. The Morgan fingerprint density at radius 2 is 0.810 bits per heavy atom. The van der Waals surface area contributed by atoms with E-state index >= 15 is 0 Å². The van der Waals surface area contributed by atoms with Crippen LogP contribution in [0.25, 0.3) is 0 Å². The molecular formula is C20H41P. The Kier molecular flexibility index (Phi) is 12.0. The molecule has 0 aromatic heterocycles. The Hall–Kier alpha value is 0.430. The van der Waals surface area contributed by atoms with Crippen molar-refractivity contribution >= 4 is 9.24 Å². The fraction of sp³-hybridized carbons (Fsp3) is 1.00. The normalized spacial score (nSPS) is 33.0. The Morgan fingerprint density at radius 3 is 1.38 bits per heavy atom. The van der Waals surface area contributed by atoms with E-state index in [0.29, 0.717) is 0 Å². The standard InChI is InChI=1S/C20H41P/c1-18-12-7-5-3-4-6-8-13-19(2)15-11-17-20(21)16-10-9-14-18/h18-20H,3-17,21H2,1-2H3. The molecule has 0 saturated heterocycles. The Morgan fingerprint density at radius 1 is 0.476 bits per heavy atom. The minimum absolute atomic E-state index is 0.881. The molecule has 1 heteroatoms. The molecule has 1 aliphatic carbocycles. The van der Waals surface area contributed by atoms with Crippen molar-refractivity contribution in [1.82, 2.24) is 0 Å². The second kappa shape index (κ2) is 12.9. The highest BCUT2D eigenvalue weighted by Gasteiger charge is 2.08. The number of hydrogen-bond acceptors (Lipinski definition) is 0. The van der Waals surface area contributed by atoms with E-state index in [1.165, 1.54) is 96.3 Å². The maximum atomic E-state index is 3.11. The van der Waals surface area contributed by atoms with Gasteiger partial charge in [0.05, 0.1) is 0 Å². The molecule has 1 fully saturated rings. The summed E-state index contributed by atoms with van der Waals surface area (Å²) in [5, 5.41) is 0. The summed E-state index contributed by atoms with van der Waals surface area (Å²) in [6.07, 6.45) is 22.0. The van der Waals surface area contributed by atoms with E-state index in [9.17, 15) is 0 Å². The molecule has 0 amide bonds. The fourth-order valence-electron chi connectivity index (χ4n) is 3.75. The highest BCUT2D eigenvalue weighted by molar-refractivity contribution is 7.17. The Labute approximate surface area is 137 Å². The molecule has 126 valence electrons. The molecule has 0 bridgehead atoms. The first-order chi connectivity index (χ1) is 10.2. The summed E-state index contributed by atoms with van der Waals surface area (Å²) in [6.45, 7) is 4.94. The Bertz CT molecular complexity index is 226. The molecule has 0 aromatic rings. The summed E-state index contributed by atoms with van der Waals surface area (Å²) in [5.74, 6) is 1.93. The highest BCUT2D eigenvalue weighted by Crippen LogP contribution is 2.24. The smallest absolute Gasteiger partial charge is 0.0264 e. The zero-order chi connectivity index (χ0) is 15.3. The second-order valence-electron chi connectivity index (χ2n) is 7.88. The highest BCUT2D eigenvalue weighted by atomic mass is 31.0. The zero-order valence-corrected chi connectivity index (χ0v) is 16.1. The van der Waals surface area contributed by atoms with Crippen molar-refractivity contribution in [2.75, 3.05) is 0 Å². The molecule has 0 nitrogen and oxygen atoms in total. The van der Waals surface area contributed by atoms with Crippen LogP contribution < -0.4 is 0 Å². The molecule has 4 unspecified atom stereocenters. The van der Waals surface area contributed by atoms with Gasteiger partial charge >= 0.3 is 0 Å². The van der Waals surface area contributed by atoms with E-state index in [-0.39, 0.29) is 0 Å². The minimum atomic E-state index is 0.881. The molecule has 21 heavy (non-hydrogen) atoms. The van der Waals surface area contributed by atoms with Crippen LogP contribution in [0.1, 0.15) is 110 Å². The largest absolute Gasteiger partial charge is 0.134 e. The number of hydrogen-bond donors (Lipinski definition) is 0. The third-order valence-electron chi connectivity index (χ3n) is 5.44. The third-order valence-corrected chi connectivity index (χ3v) is 6.10. The summed E-state index contributed by atoms with van der Waals surface area (Å²) in [7, 11) is 3.11. The van der Waals surface area contributed by atoms with Gasteiger partial charge in [-0.3, -0.25) is 0 Å². The van der Waals surface area contributed by atoms with Gasteiger partial charge in [-0.1, -0.05) is 97.3 Å². The van der Waals surface area contributed by atoms with E-state index < -0.39 is 0 Å². The average molecular weight is 313 g/mol. The maximum absolute atomic E-state index is 3.11. The van der Waals surface area contributed by atoms with Crippen molar-refractivity contribution < 1.29 is 0 Å². The molecule has 0 aromatic carbocycles.